The molecule has 1 aliphatic heterocycles. The van der Waals surface area contributed by atoms with Crippen molar-refractivity contribution >= 4 is 23.2 Å². The molecule has 44 heavy (non-hydrogen) atoms. The second-order valence-corrected chi connectivity index (χ2v) is 11.5. The lowest BCUT2D eigenvalue weighted by Gasteiger charge is -2.32. The van der Waals surface area contributed by atoms with Gasteiger partial charge in [-0.05, 0) is 61.5 Å². The summed E-state index contributed by atoms with van der Waals surface area (Å²) in [5, 5.41) is 6.37. The van der Waals surface area contributed by atoms with Crippen LogP contribution in [0.1, 0.15) is 21.5 Å². The van der Waals surface area contributed by atoms with E-state index in [9.17, 15) is 4.79 Å². The smallest absolute Gasteiger partial charge is 0.255 e. The molecule has 10 heteroatoms. The third-order valence-electron chi connectivity index (χ3n) is 8.13. The maximum absolute atomic E-state index is 13.1. The number of aromatic nitrogens is 5. The van der Waals surface area contributed by atoms with E-state index in [1.165, 1.54) is 5.56 Å². The summed E-state index contributed by atoms with van der Waals surface area (Å²) in [6, 6.07) is 17.6. The summed E-state index contributed by atoms with van der Waals surface area (Å²) in [6.45, 7) is 7.21. The second kappa shape index (κ2) is 12.7. The van der Waals surface area contributed by atoms with Gasteiger partial charge in [0.2, 0.25) is 12.1 Å². The molecule has 0 aliphatic carbocycles. The molecule has 10 nitrogen and oxygen atoms in total. The normalized spacial score (nSPS) is 14.0. The number of hydrogen-bond donors (Lipinski definition) is 2. The van der Waals surface area contributed by atoms with Crippen molar-refractivity contribution in [3.63, 3.8) is 0 Å². The minimum atomic E-state index is -0.149. The van der Waals surface area contributed by atoms with Crippen LogP contribution < -0.4 is 15.3 Å². The summed E-state index contributed by atoms with van der Waals surface area (Å²) in [4.78, 5) is 31.5. The Hall–Kier alpha value is -4.93. The summed E-state index contributed by atoms with van der Waals surface area (Å²) in [5.41, 5.74) is 8.08. The highest BCUT2D eigenvalue weighted by Gasteiger charge is 2.15. The Labute approximate surface area is 258 Å². The van der Waals surface area contributed by atoms with Crippen LogP contribution in [0.3, 0.4) is 0 Å². The lowest BCUT2D eigenvalue weighted by Crippen LogP contribution is -2.43. The van der Waals surface area contributed by atoms with Crippen LogP contribution in [0.2, 0.25) is 0 Å². The predicted octanol–water partition coefficient (Wildman–Crippen LogP) is 4.42. The molecule has 224 valence electrons. The number of hydrogen-bond acceptors (Lipinski definition) is 7. The number of likely N-dealkylation sites (N-methyl/N-ethyl adjacent to an activating group) is 1. The molecule has 0 spiro atoms. The van der Waals surface area contributed by atoms with Gasteiger partial charge in [0.15, 0.2) is 7.05 Å². The maximum Gasteiger partial charge on any atom is 0.255 e. The Morgan fingerprint density at radius 2 is 1.70 bits per heavy atom. The predicted molar refractivity (Wildman–Crippen MR) is 172 cm³/mol. The van der Waals surface area contributed by atoms with Crippen LogP contribution in [-0.4, -0.2) is 68.6 Å². The van der Waals surface area contributed by atoms with Crippen molar-refractivity contribution in [2.24, 2.45) is 14.1 Å². The van der Waals surface area contributed by atoms with Gasteiger partial charge in [-0.25, -0.2) is 9.97 Å². The van der Waals surface area contributed by atoms with E-state index in [-0.39, 0.29) is 5.91 Å². The van der Waals surface area contributed by atoms with Gasteiger partial charge in [-0.1, -0.05) is 18.2 Å². The SMILES string of the molecule is Cc1ccc(NC(=O)c2ccc(CN3CCN(C)CC3)cc2)cc1Nc1nccc(-c2cncc(-c3cn(C)[n+](C)c3)c2)n1. The minimum absolute atomic E-state index is 0.149. The molecule has 2 N–H and O–H groups in total. The van der Waals surface area contributed by atoms with E-state index in [0.717, 1.165) is 66.4 Å². The molecule has 5 aromatic rings. The van der Waals surface area contributed by atoms with Gasteiger partial charge in [-0.2, -0.15) is 4.68 Å². The van der Waals surface area contributed by atoms with E-state index in [4.69, 9.17) is 4.98 Å². The molecule has 1 aliphatic rings. The zero-order valence-corrected chi connectivity index (χ0v) is 25.7. The molecule has 1 amide bonds. The van der Waals surface area contributed by atoms with Crippen LogP contribution in [0, 0.1) is 6.92 Å². The van der Waals surface area contributed by atoms with Crippen LogP contribution in [-0.2, 0) is 20.6 Å². The van der Waals surface area contributed by atoms with Crippen LogP contribution in [0.25, 0.3) is 22.4 Å². The van der Waals surface area contributed by atoms with Gasteiger partial charge >= 0.3 is 0 Å². The number of nitrogens with zero attached hydrogens (tertiary/aromatic N) is 7. The van der Waals surface area contributed by atoms with Gasteiger partial charge in [-0.3, -0.25) is 14.7 Å². The van der Waals surface area contributed by atoms with Crippen molar-refractivity contribution < 1.29 is 9.48 Å². The summed E-state index contributed by atoms with van der Waals surface area (Å²) in [5.74, 6) is 0.310. The summed E-state index contributed by atoms with van der Waals surface area (Å²) in [6.07, 6.45) is 9.51. The zero-order chi connectivity index (χ0) is 30.6. The molecule has 4 heterocycles. The number of piperazine rings is 1. The van der Waals surface area contributed by atoms with Crippen LogP contribution in [0.4, 0.5) is 17.3 Å². The van der Waals surface area contributed by atoms with E-state index in [1.54, 1.807) is 12.4 Å². The first-order valence-electron chi connectivity index (χ1n) is 14.8. The Morgan fingerprint density at radius 1 is 0.932 bits per heavy atom. The molecular weight excluding hydrogens is 550 g/mol. The summed E-state index contributed by atoms with van der Waals surface area (Å²) in [7, 11) is 6.16. The number of carbonyl (C=O) groups excluding carboxylic acids is 1. The largest absolute Gasteiger partial charge is 0.324 e. The first kappa shape index (κ1) is 29.2. The fourth-order valence-electron chi connectivity index (χ4n) is 5.27. The van der Waals surface area contributed by atoms with Crippen molar-refractivity contribution in [3.8, 4) is 22.4 Å². The number of pyridine rings is 1. The van der Waals surface area contributed by atoms with E-state index in [2.05, 4.69) is 55.9 Å². The van der Waals surface area contributed by atoms with Crippen molar-refractivity contribution in [3.05, 3.63) is 102 Å². The second-order valence-electron chi connectivity index (χ2n) is 11.5. The topological polar surface area (TPSA) is 95.1 Å². The summed E-state index contributed by atoms with van der Waals surface area (Å²) >= 11 is 0. The molecule has 2 aromatic carbocycles. The Bertz CT molecular complexity index is 1750. The van der Waals surface area contributed by atoms with Crippen LogP contribution >= 0.6 is 0 Å². The molecule has 0 saturated carbocycles. The standard InChI is InChI=1S/C34H37N9O/c1-24-5-10-30(37-33(44)26-8-6-25(7-9-26)21-43-15-13-40(2)14-16-43)18-32(24)39-34-36-12-11-31(38-34)28-17-27(19-35-20-28)29-22-41(3)42(4)23-29/h5-12,17-20,22-23H,13-16,21H2,1-4H3,(H-,36,37,38,39,44)/p+1. The van der Waals surface area contributed by atoms with Gasteiger partial charge in [0, 0.05) is 79.4 Å². The lowest BCUT2D eigenvalue weighted by molar-refractivity contribution is -0.751. The minimum Gasteiger partial charge on any atom is -0.324 e. The fraction of sp³-hybridized carbons (Fsp3) is 0.265. The molecule has 1 fully saturated rings. The number of carbonyl (C=O) groups is 1. The Balaban J connectivity index is 1.13. The highest BCUT2D eigenvalue weighted by molar-refractivity contribution is 6.04. The van der Waals surface area contributed by atoms with Gasteiger partial charge in [0.1, 0.15) is 0 Å². The average Bonchev–Trinajstić information content (AvgIpc) is 3.38. The van der Waals surface area contributed by atoms with Crippen molar-refractivity contribution in [2.45, 2.75) is 13.5 Å². The van der Waals surface area contributed by atoms with E-state index in [0.29, 0.717) is 17.2 Å². The molecule has 6 rings (SSSR count). The van der Waals surface area contributed by atoms with Gasteiger partial charge in [0.25, 0.3) is 5.91 Å². The molecule has 3 aromatic heterocycles. The molecule has 0 unspecified atom stereocenters. The highest BCUT2D eigenvalue weighted by Crippen LogP contribution is 2.27. The number of anilines is 3. The van der Waals surface area contributed by atoms with E-state index >= 15 is 0 Å². The highest BCUT2D eigenvalue weighted by atomic mass is 16.1. The average molecular weight is 589 g/mol. The fourth-order valence-corrected chi connectivity index (χ4v) is 5.27. The zero-order valence-electron chi connectivity index (χ0n) is 25.7. The van der Waals surface area contributed by atoms with Gasteiger partial charge in [0.05, 0.1) is 24.5 Å². The van der Waals surface area contributed by atoms with Gasteiger partial charge in [-0.15, -0.1) is 4.68 Å². The summed E-state index contributed by atoms with van der Waals surface area (Å²) < 4.78 is 4.03. The van der Waals surface area contributed by atoms with Crippen LogP contribution in [0.5, 0.6) is 0 Å². The number of benzene rings is 2. The number of aryl methyl sites for hydroxylation is 3. The third kappa shape index (κ3) is 6.82. The molecule has 1 saturated heterocycles. The van der Waals surface area contributed by atoms with Crippen molar-refractivity contribution in [2.75, 3.05) is 43.9 Å². The van der Waals surface area contributed by atoms with Crippen molar-refractivity contribution in [1.82, 2.24) is 29.4 Å². The molecular formula is C34H38N9O+. The Morgan fingerprint density at radius 3 is 2.45 bits per heavy atom. The van der Waals surface area contributed by atoms with Crippen LogP contribution in [0.15, 0.2) is 85.6 Å². The number of amides is 1. The molecule has 0 atom stereocenters. The van der Waals surface area contributed by atoms with E-state index in [1.807, 2.05) is 85.1 Å². The first-order chi connectivity index (χ1) is 21.3. The first-order valence-corrected chi connectivity index (χ1v) is 14.8. The van der Waals surface area contributed by atoms with E-state index < -0.39 is 0 Å². The molecule has 0 bridgehead atoms. The quantitative estimate of drug-likeness (QED) is 0.259. The Kier molecular flexibility index (Phi) is 8.44. The van der Waals surface area contributed by atoms with Gasteiger partial charge < -0.3 is 15.5 Å². The maximum atomic E-state index is 13.1. The monoisotopic (exact) mass is 588 g/mol. The number of nitrogens with one attached hydrogen (secondary N) is 2. The van der Waals surface area contributed by atoms with Crippen molar-refractivity contribution in [1.29, 1.82) is 0 Å². The molecule has 0 radical (unpaired) electrons. The lowest BCUT2D eigenvalue weighted by atomic mass is 10.1. The number of rotatable bonds is 8. The third-order valence-corrected chi connectivity index (χ3v) is 8.13.